The van der Waals surface area contributed by atoms with E-state index in [-0.39, 0.29) is 15.1 Å². The van der Waals surface area contributed by atoms with E-state index in [2.05, 4.69) is 20.7 Å². The molecule has 0 aliphatic heterocycles. The minimum Gasteiger partial charge on any atom is -0.398 e. The molecule has 96 valence electrons. The highest BCUT2D eigenvalue weighted by Crippen LogP contribution is 2.25. The van der Waals surface area contributed by atoms with E-state index < -0.39 is 15.8 Å². The number of anilines is 1. The van der Waals surface area contributed by atoms with Gasteiger partial charge < -0.3 is 5.73 Å². The number of nitrogens with two attached hydrogens (primary N) is 1. The van der Waals surface area contributed by atoms with Crippen LogP contribution in [0.5, 0.6) is 0 Å². The average molecular weight is 325 g/mol. The Labute approximate surface area is 109 Å². The first-order valence-electron chi connectivity index (χ1n) is 5.12. The molecule has 0 amide bonds. The van der Waals surface area contributed by atoms with Crippen LogP contribution in [-0.2, 0) is 10.0 Å². The van der Waals surface area contributed by atoms with Gasteiger partial charge in [-0.15, -0.1) is 0 Å². The van der Waals surface area contributed by atoms with Crippen LogP contribution < -0.4 is 10.5 Å². The van der Waals surface area contributed by atoms with Crippen molar-refractivity contribution in [2.24, 2.45) is 0 Å². The maximum atomic E-state index is 13.1. The van der Waals surface area contributed by atoms with Crippen LogP contribution in [0.2, 0.25) is 0 Å². The zero-order valence-electron chi connectivity index (χ0n) is 9.33. The molecule has 7 heteroatoms. The van der Waals surface area contributed by atoms with E-state index in [1.807, 2.05) is 6.92 Å². The topological polar surface area (TPSA) is 72.2 Å². The van der Waals surface area contributed by atoms with Crippen molar-refractivity contribution < 1.29 is 12.8 Å². The molecule has 0 spiro atoms. The molecule has 1 aromatic rings. The molecule has 1 rings (SSSR count). The predicted molar refractivity (Wildman–Crippen MR) is 68.6 cm³/mol. The fraction of sp³-hybridized carbons (Fsp3) is 0.400. The lowest BCUT2D eigenvalue weighted by molar-refractivity contribution is 0.577. The van der Waals surface area contributed by atoms with Gasteiger partial charge in [-0.05, 0) is 34.5 Å². The molecule has 0 aliphatic rings. The molecule has 0 bridgehead atoms. The van der Waals surface area contributed by atoms with Gasteiger partial charge in [0.25, 0.3) is 0 Å². The van der Waals surface area contributed by atoms with Gasteiger partial charge in [-0.3, -0.25) is 0 Å². The van der Waals surface area contributed by atoms with E-state index >= 15 is 0 Å². The molecule has 0 saturated carbocycles. The van der Waals surface area contributed by atoms with Gasteiger partial charge in [-0.1, -0.05) is 13.3 Å². The van der Waals surface area contributed by atoms with Crippen LogP contribution >= 0.6 is 15.9 Å². The normalized spacial score (nSPS) is 11.7. The van der Waals surface area contributed by atoms with E-state index in [1.165, 1.54) is 6.07 Å². The third kappa shape index (κ3) is 3.65. The van der Waals surface area contributed by atoms with E-state index in [9.17, 15) is 12.8 Å². The van der Waals surface area contributed by atoms with Crippen LogP contribution in [0.25, 0.3) is 0 Å². The van der Waals surface area contributed by atoms with Crippen LogP contribution in [0.15, 0.2) is 21.5 Å². The number of halogens is 2. The zero-order valence-corrected chi connectivity index (χ0v) is 11.7. The van der Waals surface area contributed by atoms with Crippen molar-refractivity contribution in [3.05, 3.63) is 22.4 Å². The summed E-state index contributed by atoms with van der Waals surface area (Å²) in [5.74, 6) is -0.588. The molecule has 3 N–H and O–H groups in total. The van der Waals surface area contributed by atoms with Crippen molar-refractivity contribution in [3.63, 3.8) is 0 Å². The van der Waals surface area contributed by atoms with Crippen molar-refractivity contribution in [1.29, 1.82) is 0 Å². The molecule has 0 unspecified atom stereocenters. The van der Waals surface area contributed by atoms with Gasteiger partial charge in [-0.25, -0.2) is 17.5 Å². The predicted octanol–water partition coefficient (Wildman–Crippen LogP) is 2.25. The summed E-state index contributed by atoms with van der Waals surface area (Å²) in [6, 6.07) is 2.15. The first-order valence-corrected chi connectivity index (χ1v) is 7.40. The second kappa shape index (κ2) is 5.79. The Morgan fingerprint density at radius 3 is 2.71 bits per heavy atom. The van der Waals surface area contributed by atoms with Gasteiger partial charge in [0.2, 0.25) is 10.0 Å². The maximum Gasteiger partial charge on any atom is 0.242 e. The largest absolute Gasteiger partial charge is 0.398 e. The van der Waals surface area contributed by atoms with Crippen LogP contribution in [0.1, 0.15) is 19.8 Å². The average Bonchev–Trinajstić information content (AvgIpc) is 2.23. The second-order valence-electron chi connectivity index (χ2n) is 3.56. The molecule has 0 aromatic heterocycles. The number of hydrogen-bond donors (Lipinski definition) is 2. The summed E-state index contributed by atoms with van der Waals surface area (Å²) in [7, 11) is -3.67. The van der Waals surface area contributed by atoms with Crippen LogP contribution in [0.3, 0.4) is 0 Å². The summed E-state index contributed by atoms with van der Waals surface area (Å²) < 4.78 is 39.3. The van der Waals surface area contributed by atoms with Crippen LogP contribution in [0.4, 0.5) is 10.1 Å². The first-order chi connectivity index (χ1) is 7.88. The molecule has 17 heavy (non-hydrogen) atoms. The molecule has 0 radical (unpaired) electrons. The fourth-order valence-corrected chi connectivity index (χ4v) is 2.94. The summed E-state index contributed by atoms with van der Waals surface area (Å²) in [6.45, 7) is 2.30. The minimum atomic E-state index is -3.67. The highest BCUT2D eigenvalue weighted by molar-refractivity contribution is 9.10. The SMILES string of the molecule is CCCCNS(=O)(=O)c1cc(Br)c(F)cc1N. The summed E-state index contributed by atoms with van der Waals surface area (Å²) in [6.07, 6.45) is 1.62. The minimum absolute atomic E-state index is 0.0718. The monoisotopic (exact) mass is 324 g/mol. The van der Waals surface area contributed by atoms with Crippen molar-refractivity contribution in [3.8, 4) is 0 Å². The number of sulfonamides is 1. The van der Waals surface area contributed by atoms with Crippen molar-refractivity contribution in [1.82, 2.24) is 4.72 Å². The van der Waals surface area contributed by atoms with Gasteiger partial charge in [0.05, 0.1) is 10.2 Å². The van der Waals surface area contributed by atoms with Crippen molar-refractivity contribution in [2.75, 3.05) is 12.3 Å². The Morgan fingerprint density at radius 2 is 2.12 bits per heavy atom. The van der Waals surface area contributed by atoms with Gasteiger partial charge in [0.15, 0.2) is 0 Å². The first kappa shape index (κ1) is 14.4. The number of unbranched alkanes of at least 4 members (excludes halogenated alkanes) is 1. The Kier molecular flexibility index (Phi) is 4.91. The number of hydrogen-bond acceptors (Lipinski definition) is 3. The zero-order chi connectivity index (χ0) is 13.1. The number of rotatable bonds is 5. The Hall–Kier alpha value is -0.660. The smallest absolute Gasteiger partial charge is 0.242 e. The lowest BCUT2D eigenvalue weighted by atomic mass is 10.3. The fourth-order valence-electron chi connectivity index (χ4n) is 1.24. The third-order valence-corrected chi connectivity index (χ3v) is 4.29. The Morgan fingerprint density at radius 1 is 1.47 bits per heavy atom. The summed E-state index contributed by atoms with van der Waals surface area (Å²) in [4.78, 5) is -0.109. The van der Waals surface area contributed by atoms with Crippen molar-refractivity contribution >= 4 is 31.6 Å². The summed E-state index contributed by atoms with van der Waals surface area (Å²) in [5, 5.41) is 0. The highest BCUT2D eigenvalue weighted by Gasteiger charge is 2.18. The Balaban J connectivity index is 3.03. The molecule has 4 nitrogen and oxygen atoms in total. The molecular weight excluding hydrogens is 311 g/mol. The molecule has 1 aromatic carbocycles. The number of nitrogen functional groups attached to an aromatic ring is 1. The molecule has 0 atom stereocenters. The van der Waals surface area contributed by atoms with Crippen LogP contribution in [-0.4, -0.2) is 15.0 Å². The number of benzene rings is 1. The van der Waals surface area contributed by atoms with Gasteiger partial charge in [-0.2, -0.15) is 0 Å². The Bertz CT molecular complexity index is 505. The lowest BCUT2D eigenvalue weighted by Gasteiger charge is -2.09. The van der Waals surface area contributed by atoms with Gasteiger partial charge in [0.1, 0.15) is 10.7 Å². The van der Waals surface area contributed by atoms with E-state index in [0.29, 0.717) is 6.54 Å². The molecule has 0 aliphatic carbocycles. The van der Waals surface area contributed by atoms with Gasteiger partial charge in [0, 0.05) is 6.54 Å². The second-order valence-corrected chi connectivity index (χ2v) is 6.15. The molecule has 0 heterocycles. The highest BCUT2D eigenvalue weighted by atomic mass is 79.9. The standard InChI is InChI=1S/C10H14BrFN2O2S/c1-2-3-4-14-17(15,16)10-5-7(11)8(12)6-9(10)13/h5-6,14H,2-4,13H2,1H3. The van der Waals surface area contributed by atoms with Crippen LogP contribution in [0, 0.1) is 5.82 Å². The van der Waals surface area contributed by atoms with Gasteiger partial charge >= 0.3 is 0 Å². The maximum absolute atomic E-state index is 13.1. The third-order valence-electron chi connectivity index (χ3n) is 2.16. The van der Waals surface area contributed by atoms with E-state index in [1.54, 1.807) is 0 Å². The van der Waals surface area contributed by atoms with E-state index in [4.69, 9.17) is 5.73 Å². The summed E-state index contributed by atoms with van der Waals surface area (Å²) >= 11 is 2.93. The summed E-state index contributed by atoms with van der Waals surface area (Å²) in [5.41, 5.74) is 5.40. The van der Waals surface area contributed by atoms with Crippen molar-refractivity contribution in [2.45, 2.75) is 24.7 Å². The molecular formula is C10H14BrFN2O2S. The molecule has 0 fully saturated rings. The number of nitrogens with one attached hydrogen (secondary N) is 1. The molecule has 0 saturated heterocycles. The van der Waals surface area contributed by atoms with E-state index in [0.717, 1.165) is 18.9 Å². The quantitative estimate of drug-likeness (QED) is 0.644. The lowest BCUT2D eigenvalue weighted by Crippen LogP contribution is -2.25.